The van der Waals surface area contributed by atoms with Crippen molar-refractivity contribution in [2.24, 2.45) is 0 Å². The average Bonchev–Trinajstić information content (AvgIpc) is 3.25. The molecule has 2 fully saturated rings. The highest BCUT2D eigenvalue weighted by Crippen LogP contribution is 2.29. The number of hydrogen-bond donors (Lipinski definition) is 0. The van der Waals surface area contributed by atoms with E-state index in [1.807, 2.05) is 17.0 Å². The second kappa shape index (κ2) is 10.3. The standard InChI is InChI=1S/C28H29FN4O2/c29-24-13-7-8-14-25(24)33-20-19-32(28(33)35)21-26(34)30-15-17-31(18-16-30)27(22-9-3-1-4-10-22)23-11-5-2-6-12-23/h1-14,27H,15-21H2. The Labute approximate surface area is 205 Å². The van der Waals surface area contributed by atoms with Crippen molar-refractivity contribution in [1.82, 2.24) is 14.7 Å². The maximum absolute atomic E-state index is 14.2. The Kier molecular flexibility index (Phi) is 6.77. The molecule has 0 spiro atoms. The van der Waals surface area contributed by atoms with Crippen molar-refractivity contribution in [2.75, 3.05) is 50.7 Å². The number of carbonyl (C=O) groups is 2. The largest absolute Gasteiger partial charge is 0.339 e. The first-order valence-electron chi connectivity index (χ1n) is 12.0. The minimum absolute atomic E-state index is 0.0184. The number of rotatable bonds is 6. The maximum Gasteiger partial charge on any atom is 0.325 e. The van der Waals surface area contributed by atoms with Crippen LogP contribution in [0.25, 0.3) is 0 Å². The maximum atomic E-state index is 14.2. The molecule has 7 heteroatoms. The van der Waals surface area contributed by atoms with Crippen molar-refractivity contribution in [3.05, 3.63) is 102 Å². The molecule has 2 heterocycles. The lowest BCUT2D eigenvalue weighted by atomic mass is 9.96. The summed E-state index contributed by atoms with van der Waals surface area (Å²) in [5.41, 5.74) is 2.72. The Morgan fingerprint density at radius 1 is 0.743 bits per heavy atom. The Morgan fingerprint density at radius 3 is 1.91 bits per heavy atom. The van der Waals surface area contributed by atoms with Gasteiger partial charge in [-0.3, -0.25) is 14.6 Å². The van der Waals surface area contributed by atoms with E-state index < -0.39 is 5.82 Å². The van der Waals surface area contributed by atoms with Crippen LogP contribution >= 0.6 is 0 Å². The lowest BCUT2D eigenvalue weighted by Gasteiger charge is -2.40. The normalized spacial score (nSPS) is 16.9. The molecule has 0 unspecified atom stereocenters. The molecule has 0 radical (unpaired) electrons. The third-order valence-corrected chi connectivity index (χ3v) is 6.83. The molecule has 0 N–H and O–H groups in total. The Balaban J connectivity index is 1.21. The molecule has 0 aromatic heterocycles. The third kappa shape index (κ3) is 4.91. The van der Waals surface area contributed by atoms with Crippen molar-refractivity contribution in [3.8, 4) is 0 Å². The monoisotopic (exact) mass is 472 g/mol. The molecule has 3 aromatic rings. The quantitative estimate of drug-likeness (QED) is 0.545. The van der Waals surface area contributed by atoms with Gasteiger partial charge in [0, 0.05) is 39.3 Å². The smallest absolute Gasteiger partial charge is 0.325 e. The number of piperazine rings is 1. The fourth-order valence-corrected chi connectivity index (χ4v) is 5.00. The first-order chi connectivity index (χ1) is 17.1. The number of benzene rings is 3. The van der Waals surface area contributed by atoms with Crippen LogP contribution in [0.2, 0.25) is 0 Å². The predicted octanol–water partition coefficient (Wildman–Crippen LogP) is 4.00. The van der Waals surface area contributed by atoms with Crippen molar-refractivity contribution in [2.45, 2.75) is 6.04 Å². The van der Waals surface area contributed by atoms with Crippen LogP contribution in [0.3, 0.4) is 0 Å². The van der Waals surface area contributed by atoms with E-state index in [1.54, 1.807) is 18.2 Å². The zero-order valence-corrected chi connectivity index (χ0v) is 19.6. The van der Waals surface area contributed by atoms with Crippen LogP contribution in [-0.4, -0.2) is 72.5 Å². The summed E-state index contributed by atoms with van der Waals surface area (Å²) in [5.74, 6) is -0.499. The van der Waals surface area contributed by atoms with Crippen LogP contribution in [0.4, 0.5) is 14.9 Å². The van der Waals surface area contributed by atoms with Crippen LogP contribution in [0, 0.1) is 5.82 Å². The Morgan fingerprint density at radius 2 is 1.31 bits per heavy atom. The van der Waals surface area contributed by atoms with Crippen molar-refractivity contribution >= 4 is 17.6 Å². The zero-order valence-electron chi connectivity index (χ0n) is 19.6. The molecule has 0 atom stereocenters. The highest BCUT2D eigenvalue weighted by atomic mass is 19.1. The first kappa shape index (κ1) is 23.1. The summed E-state index contributed by atoms with van der Waals surface area (Å²) < 4.78 is 14.2. The molecule has 6 nitrogen and oxygen atoms in total. The summed E-state index contributed by atoms with van der Waals surface area (Å²) >= 11 is 0. The van der Waals surface area contributed by atoms with Gasteiger partial charge in [0.2, 0.25) is 5.91 Å². The van der Waals surface area contributed by atoms with Gasteiger partial charge in [0.15, 0.2) is 0 Å². The van der Waals surface area contributed by atoms with Gasteiger partial charge in [0.1, 0.15) is 12.4 Å². The number of halogens is 1. The van der Waals surface area contributed by atoms with E-state index in [4.69, 9.17) is 0 Å². The lowest BCUT2D eigenvalue weighted by molar-refractivity contribution is -0.133. The lowest BCUT2D eigenvalue weighted by Crippen LogP contribution is -2.52. The van der Waals surface area contributed by atoms with Gasteiger partial charge in [0.25, 0.3) is 0 Å². The van der Waals surface area contributed by atoms with Gasteiger partial charge in [-0.1, -0.05) is 72.8 Å². The van der Waals surface area contributed by atoms with E-state index in [9.17, 15) is 14.0 Å². The summed E-state index contributed by atoms with van der Waals surface area (Å²) in [7, 11) is 0. The number of hydrogen-bond acceptors (Lipinski definition) is 3. The molecule has 0 bridgehead atoms. The van der Waals surface area contributed by atoms with Gasteiger partial charge >= 0.3 is 6.03 Å². The topological polar surface area (TPSA) is 47.1 Å². The summed E-state index contributed by atoms with van der Waals surface area (Å²) in [5, 5.41) is 0. The molecule has 2 aliphatic heterocycles. The number of para-hydroxylation sites is 1. The van der Waals surface area contributed by atoms with E-state index in [-0.39, 0.29) is 30.2 Å². The molecular formula is C28H29FN4O2. The third-order valence-electron chi connectivity index (χ3n) is 6.83. The summed E-state index contributed by atoms with van der Waals surface area (Å²) in [4.78, 5) is 33.1. The molecule has 2 saturated heterocycles. The van der Waals surface area contributed by atoms with Crippen LogP contribution < -0.4 is 4.90 Å². The highest BCUT2D eigenvalue weighted by Gasteiger charge is 2.34. The summed E-state index contributed by atoms with van der Waals surface area (Å²) in [6.45, 7) is 3.50. The van der Waals surface area contributed by atoms with E-state index in [0.717, 1.165) is 13.1 Å². The molecule has 3 aromatic carbocycles. The molecule has 5 rings (SSSR count). The fraction of sp³-hybridized carbons (Fsp3) is 0.286. The van der Waals surface area contributed by atoms with E-state index >= 15 is 0 Å². The molecule has 3 amide bonds. The second-order valence-corrected chi connectivity index (χ2v) is 8.95. The number of carbonyl (C=O) groups excluding carboxylic acids is 2. The Bertz CT molecular complexity index is 1130. The number of amides is 3. The minimum atomic E-state index is -0.434. The second-order valence-electron chi connectivity index (χ2n) is 8.95. The first-order valence-corrected chi connectivity index (χ1v) is 12.0. The predicted molar refractivity (Wildman–Crippen MR) is 134 cm³/mol. The highest BCUT2D eigenvalue weighted by molar-refractivity contribution is 5.96. The number of anilines is 1. The number of urea groups is 1. The van der Waals surface area contributed by atoms with Gasteiger partial charge in [0.05, 0.1) is 11.7 Å². The van der Waals surface area contributed by atoms with Crippen LogP contribution in [0.15, 0.2) is 84.9 Å². The number of nitrogens with zero attached hydrogens (tertiary/aromatic N) is 4. The minimum Gasteiger partial charge on any atom is -0.339 e. The zero-order chi connectivity index (χ0) is 24.2. The van der Waals surface area contributed by atoms with Gasteiger partial charge in [-0.15, -0.1) is 0 Å². The molecular weight excluding hydrogens is 443 g/mol. The van der Waals surface area contributed by atoms with Crippen molar-refractivity contribution in [1.29, 1.82) is 0 Å². The summed E-state index contributed by atoms with van der Waals surface area (Å²) in [6, 6.07) is 26.9. The van der Waals surface area contributed by atoms with Gasteiger partial charge in [-0.05, 0) is 23.3 Å². The van der Waals surface area contributed by atoms with Crippen LogP contribution in [0.5, 0.6) is 0 Å². The van der Waals surface area contributed by atoms with Crippen molar-refractivity contribution < 1.29 is 14.0 Å². The summed E-state index contributed by atoms with van der Waals surface area (Å²) in [6.07, 6.45) is 0. The van der Waals surface area contributed by atoms with Gasteiger partial charge in [-0.2, -0.15) is 0 Å². The molecule has 0 aliphatic carbocycles. The molecule has 0 saturated carbocycles. The van der Waals surface area contributed by atoms with E-state index in [2.05, 4.69) is 53.4 Å². The fourth-order valence-electron chi connectivity index (χ4n) is 5.00. The molecule has 180 valence electrons. The Hall–Kier alpha value is -3.71. The van der Waals surface area contributed by atoms with Crippen LogP contribution in [0.1, 0.15) is 17.2 Å². The van der Waals surface area contributed by atoms with Gasteiger partial charge in [-0.25, -0.2) is 9.18 Å². The molecule has 2 aliphatic rings. The van der Waals surface area contributed by atoms with Crippen molar-refractivity contribution in [3.63, 3.8) is 0 Å². The average molecular weight is 473 g/mol. The SMILES string of the molecule is O=C(CN1CCN(c2ccccc2F)C1=O)N1CCN(C(c2ccccc2)c2ccccc2)CC1. The van der Waals surface area contributed by atoms with E-state index in [1.165, 1.54) is 27.0 Å². The molecule has 35 heavy (non-hydrogen) atoms. The van der Waals surface area contributed by atoms with Crippen LogP contribution in [-0.2, 0) is 4.79 Å². The van der Waals surface area contributed by atoms with E-state index in [0.29, 0.717) is 26.2 Å². The van der Waals surface area contributed by atoms with Gasteiger partial charge < -0.3 is 9.80 Å².